The lowest BCUT2D eigenvalue weighted by Gasteiger charge is -2.24. The minimum atomic E-state index is -0.446. The van der Waals surface area contributed by atoms with Crippen molar-refractivity contribution >= 4 is 27.9 Å². The number of aromatic nitrogens is 3. The highest BCUT2D eigenvalue weighted by molar-refractivity contribution is 5.96. The van der Waals surface area contributed by atoms with E-state index in [1.54, 1.807) is 29.1 Å². The topological polar surface area (TPSA) is 54.2 Å². The van der Waals surface area contributed by atoms with Gasteiger partial charge in [-0.15, -0.1) is 0 Å². The molecule has 0 amide bonds. The molecular weight excluding hydrogens is 384 g/mol. The molecule has 5 rings (SSSR count). The maximum atomic E-state index is 15.3. The Labute approximate surface area is 173 Å². The molecular formula is C23H23F2N5. The van der Waals surface area contributed by atoms with Crippen LogP contribution in [-0.2, 0) is 0 Å². The number of imidazole rings is 1. The Balaban J connectivity index is 1.58. The lowest BCUT2D eigenvalue weighted by molar-refractivity contribution is 0.459. The standard InChI is InChI=1S/C23H23F2N5/c1-13-10-27-22(29-17-9-20(25)23-28-14(2)11-30(23)12-17)21-18(13)7-16(8-19(21)24)15-3-5-26-6-4-15/h7-12,15,26H,3-6H2,1-2H3,(H,27,29). The molecule has 2 N–H and O–H groups in total. The second-order valence-corrected chi connectivity index (χ2v) is 8.05. The molecule has 0 atom stereocenters. The smallest absolute Gasteiger partial charge is 0.173 e. The monoisotopic (exact) mass is 407 g/mol. The Bertz CT molecular complexity index is 1260. The summed E-state index contributed by atoms with van der Waals surface area (Å²) in [5.74, 6) is -0.0198. The van der Waals surface area contributed by atoms with Crippen molar-refractivity contribution in [3.05, 3.63) is 65.2 Å². The maximum Gasteiger partial charge on any atom is 0.173 e. The molecule has 0 unspecified atom stereocenters. The van der Waals surface area contributed by atoms with Crippen LogP contribution in [0.15, 0.2) is 36.8 Å². The third kappa shape index (κ3) is 3.29. The van der Waals surface area contributed by atoms with Crippen LogP contribution in [0, 0.1) is 25.5 Å². The van der Waals surface area contributed by atoms with Gasteiger partial charge >= 0.3 is 0 Å². The van der Waals surface area contributed by atoms with Crippen LogP contribution in [0.4, 0.5) is 20.3 Å². The molecule has 0 aliphatic carbocycles. The van der Waals surface area contributed by atoms with Gasteiger partial charge in [0.05, 0.1) is 16.8 Å². The normalized spacial score (nSPS) is 15.2. The summed E-state index contributed by atoms with van der Waals surface area (Å²) < 4.78 is 31.4. The van der Waals surface area contributed by atoms with Gasteiger partial charge in [0, 0.05) is 24.7 Å². The van der Waals surface area contributed by atoms with Crippen LogP contribution in [0.5, 0.6) is 0 Å². The number of nitrogens with one attached hydrogen (secondary N) is 2. The van der Waals surface area contributed by atoms with Gasteiger partial charge in [-0.3, -0.25) is 0 Å². The van der Waals surface area contributed by atoms with Crippen molar-refractivity contribution < 1.29 is 8.78 Å². The van der Waals surface area contributed by atoms with Crippen molar-refractivity contribution in [2.24, 2.45) is 0 Å². The largest absolute Gasteiger partial charge is 0.338 e. The molecule has 5 nitrogen and oxygen atoms in total. The predicted molar refractivity (Wildman–Crippen MR) is 114 cm³/mol. The summed E-state index contributed by atoms with van der Waals surface area (Å²) in [5, 5.41) is 7.72. The fourth-order valence-corrected chi connectivity index (χ4v) is 4.35. The molecule has 0 saturated carbocycles. The highest BCUT2D eigenvalue weighted by Gasteiger charge is 2.19. The second kappa shape index (κ2) is 7.32. The summed E-state index contributed by atoms with van der Waals surface area (Å²) in [6.07, 6.45) is 7.21. The maximum absolute atomic E-state index is 15.3. The minimum Gasteiger partial charge on any atom is -0.338 e. The molecule has 1 aliphatic rings. The highest BCUT2D eigenvalue weighted by Crippen LogP contribution is 2.34. The molecule has 0 radical (unpaired) electrons. The van der Waals surface area contributed by atoms with Crippen molar-refractivity contribution in [1.29, 1.82) is 0 Å². The number of hydrogen-bond acceptors (Lipinski definition) is 4. The lowest BCUT2D eigenvalue weighted by atomic mass is 9.88. The zero-order chi connectivity index (χ0) is 20.8. The molecule has 1 saturated heterocycles. The zero-order valence-corrected chi connectivity index (χ0v) is 17.0. The van der Waals surface area contributed by atoms with E-state index in [1.807, 2.05) is 13.8 Å². The summed E-state index contributed by atoms with van der Waals surface area (Å²) in [5.41, 5.74) is 3.41. The lowest BCUT2D eigenvalue weighted by Crippen LogP contribution is -2.26. The van der Waals surface area contributed by atoms with Gasteiger partial charge in [-0.25, -0.2) is 18.7 Å². The first-order chi connectivity index (χ1) is 14.5. The molecule has 4 heterocycles. The van der Waals surface area contributed by atoms with Crippen molar-refractivity contribution in [3.63, 3.8) is 0 Å². The Morgan fingerprint density at radius 3 is 2.67 bits per heavy atom. The van der Waals surface area contributed by atoms with E-state index in [9.17, 15) is 4.39 Å². The Morgan fingerprint density at radius 2 is 1.87 bits per heavy atom. The Kier molecular flexibility index (Phi) is 4.62. The summed E-state index contributed by atoms with van der Waals surface area (Å²) in [6.45, 7) is 5.65. The molecule has 7 heteroatoms. The number of benzene rings is 1. The van der Waals surface area contributed by atoms with Gasteiger partial charge in [-0.2, -0.15) is 0 Å². The Hall–Kier alpha value is -3.06. The molecule has 1 aliphatic heterocycles. The molecule has 1 fully saturated rings. The van der Waals surface area contributed by atoms with Gasteiger partial charge in [0.2, 0.25) is 0 Å². The first-order valence-electron chi connectivity index (χ1n) is 10.2. The van der Waals surface area contributed by atoms with Gasteiger partial charge in [-0.1, -0.05) is 6.07 Å². The molecule has 0 bridgehead atoms. The average molecular weight is 407 g/mol. The van der Waals surface area contributed by atoms with Crippen LogP contribution < -0.4 is 10.6 Å². The van der Waals surface area contributed by atoms with E-state index in [4.69, 9.17) is 0 Å². The number of halogens is 2. The van der Waals surface area contributed by atoms with Crippen molar-refractivity contribution in [3.8, 4) is 0 Å². The quantitative estimate of drug-likeness (QED) is 0.503. The SMILES string of the molecule is Cc1cn2cc(Nc3ncc(C)c4cc(C5CCNCC5)cc(F)c34)cc(F)c2n1. The van der Waals surface area contributed by atoms with E-state index < -0.39 is 5.82 Å². The molecule has 1 aromatic carbocycles. The average Bonchev–Trinajstić information content (AvgIpc) is 3.11. The van der Waals surface area contributed by atoms with Crippen LogP contribution in [-0.4, -0.2) is 27.5 Å². The predicted octanol–water partition coefficient (Wildman–Crippen LogP) is 4.99. The van der Waals surface area contributed by atoms with E-state index >= 15 is 4.39 Å². The van der Waals surface area contributed by atoms with E-state index in [-0.39, 0.29) is 11.5 Å². The Morgan fingerprint density at radius 1 is 1.07 bits per heavy atom. The molecule has 4 aromatic rings. The number of piperidine rings is 1. The molecule has 30 heavy (non-hydrogen) atoms. The number of rotatable bonds is 3. The van der Waals surface area contributed by atoms with Crippen molar-refractivity contribution in [1.82, 2.24) is 19.7 Å². The molecule has 0 spiro atoms. The number of anilines is 2. The first-order valence-corrected chi connectivity index (χ1v) is 10.2. The first kappa shape index (κ1) is 18.9. The number of aryl methyl sites for hydroxylation is 2. The van der Waals surface area contributed by atoms with Gasteiger partial charge in [0.15, 0.2) is 11.5 Å². The third-order valence-electron chi connectivity index (χ3n) is 5.86. The number of fused-ring (bicyclic) bond motifs is 2. The van der Waals surface area contributed by atoms with Gasteiger partial charge in [0.25, 0.3) is 0 Å². The van der Waals surface area contributed by atoms with Gasteiger partial charge in [-0.05, 0) is 68.3 Å². The van der Waals surface area contributed by atoms with Crippen LogP contribution >= 0.6 is 0 Å². The summed E-state index contributed by atoms with van der Waals surface area (Å²) >= 11 is 0. The van der Waals surface area contributed by atoms with Crippen molar-refractivity contribution in [2.45, 2.75) is 32.6 Å². The van der Waals surface area contributed by atoms with E-state index in [0.717, 1.165) is 48.1 Å². The van der Waals surface area contributed by atoms with Crippen LogP contribution in [0.3, 0.4) is 0 Å². The fraction of sp³-hybridized carbons (Fsp3) is 0.304. The minimum absolute atomic E-state index is 0.262. The number of pyridine rings is 2. The summed E-state index contributed by atoms with van der Waals surface area (Å²) in [6, 6.07) is 5.07. The summed E-state index contributed by atoms with van der Waals surface area (Å²) in [7, 11) is 0. The van der Waals surface area contributed by atoms with E-state index in [2.05, 4.69) is 26.7 Å². The number of hydrogen-bond donors (Lipinski definition) is 2. The third-order valence-corrected chi connectivity index (χ3v) is 5.86. The van der Waals surface area contributed by atoms with E-state index in [0.29, 0.717) is 22.8 Å². The van der Waals surface area contributed by atoms with Gasteiger partial charge in [0.1, 0.15) is 11.6 Å². The second-order valence-electron chi connectivity index (χ2n) is 8.05. The van der Waals surface area contributed by atoms with Crippen LogP contribution in [0.2, 0.25) is 0 Å². The molecule has 154 valence electrons. The fourth-order valence-electron chi connectivity index (χ4n) is 4.35. The van der Waals surface area contributed by atoms with Crippen LogP contribution in [0.1, 0.15) is 35.6 Å². The van der Waals surface area contributed by atoms with E-state index in [1.165, 1.54) is 6.07 Å². The summed E-state index contributed by atoms with van der Waals surface area (Å²) in [4.78, 5) is 8.58. The number of nitrogens with zero attached hydrogens (tertiary/aromatic N) is 3. The highest BCUT2D eigenvalue weighted by atomic mass is 19.1. The van der Waals surface area contributed by atoms with Crippen LogP contribution in [0.25, 0.3) is 16.4 Å². The molecule has 3 aromatic heterocycles. The van der Waals surface area contributed by atoms with Crippen molar-refractivity contribution in [2.75, 3.05) is 18.4 Å². The zero-order valence-electron chi connectivity index (χ0n) is 17.0. The van der Waals surface area contributed by atoms with Gasteiger partial charge < -0.3 is 15.0 Å².